The second-order valence-electron chi connectivity index (χ2n) is 4.99. The van der Waals surface area contributed by atoms with Crippen LogP contribution in [0.1, 0.15) is 50.9 Å². The average molecular weight is 291 g/mol. The molecule has 1 saturated carbocycles. The first-order valence-electron chi connectivity index (χ1n) is 6.43. The molecule has 0 saturated heterocycles. The van der Waals surface area contributed by atoms with Gasteiger partial charge in [-0.1, -0.05) is 26.2 Å². The average Bonchev–Trinajstić information content (AvgIpc) is 2.71. The van der Waals surface area contributed by atoms with Gasteiger partial charge in [0.2, 0.25) is 0 Å². The molecule has 1 aliphatic carbocycles. The smallest absolute Gasteiger partial charge is 0.280 e. The molecule has 18 heavy (non-hydrogen) atoms. The van der Waals surface area contributed by atoms with Crippen LogP contribution in [0.15, 0.2) is 11.2 Å². The molecule has 6 heteroatoms. The van der Waals surface area contributed by atoms with Crippen LogP contribution in [0.3, 0.4) is 0 Å². The Balaban J connectivity index is 2.35. The van der Waals surface area contributed by atoms with Gasteiger partial charge in [-0.25, -0.2) is 13.4 Å². The highest BCUT2D eigenvalue weighted by atomic mass is 35.7. The number of aromatic nitrogens is 2. The summed E-state index contributed by atoms with van der Waals surface area (Å²) >= 11 is 0. The molecule has 0 bridgehead atoms. The SMILES string of the molecule is CCC1CCCCC1n1cc(S(=O)(=O)Cl)nc1C. The predicted molar refractivity (Wildman–Crippen MR) is 71.3 cm³/mol. The van der Waals surface area contributed by atoms with Gasteiger partial charge in [-0.15, -0.1) is 0 Å². The number of aryl methyl sites for hydroxylation is 1. The van der Waals surface area contributed by atoms with E-state index in [2.05, 4.69) is 11.9 Å². The van der Waals surface area contributed by atoms with E-state index < -0.39 is 9.05 Å². The fourth-order valence-electron chi connectivity index (χ4n) is 2.94. The minimum absolute atomic E-state index is 0.0258. The highest BCUT2D eigenvalue weighted by Gasteiger charge is 2.28. The van der Waals surface area contributed by atoms with Crippen molar-refractivity contribution in [3.63, 3.8) is 0 Å². The first-order chi connectivity index (χ1) is 8.43. The molecule has 1 aliphatic rings. The van der Waals surface area contributed by atoms with Crippen molar-refractivity contribution in [3.05, 3.63) is 12.0 Å². The van der Waals surface area contributed by atoms with Gasteiger partial charge < -0.3 is 4.57 Å². The van der Waals surface area contributed by atoms with Crippen LogP contribution in [0.2, 0.25) is 0 Å². The Morgan fingerprint density at radius 3 is 2.67 bits per heavy atom. The lowest BCUT2D eigenvalue weighted by atomic mass is 9.82. The van der Waals surface area contributed by atoms with Gasteiger partial charge in [0.25, 0.3) is 9.05 Å². The fourth-order valence-corrected chi connectivity index (χ4v) is 3.65. The van der Waals surface area contributed by atoms with Crippen molar-refractivity contribution in [2.75, 3.05) is 0 Å². The third kappa shape index (κ3) is 2.72. The number of hydrogen-bond donors (Lipinski definition) is 0. The summed E-state index contributed by atoms with van der Waals surface area (Å²) in [6.45, 7) is 4.03. The van der Waals surface area contributed by atoms with E-state index in [1.54, 1.807) is 6.20 Å². The van der Waals surface area contributed by atoms with E-state index in [1.165, 1.54) is 19.3 Å². The molecule has 1 aromatic rings. The van der Waals surface area contributed by atoms with Crippen LogP contribution in [-0.4, -0.2) is 18.0 Å². The number of halogens is 1. The lowest BCUT2D eigenvalue weighted by molar-refractivity contribution is 0.229. The second kappa shape index (κ2) is 5.21. The van der Waals surface area contributed by atoms with Crippen LogP contribution in [0.5, 0.6) is 0 Å². The van der Waals surface area contributed by atoms with Crippen LogP contribution >= 0.6 is 10.7 Å². The summed E-state index contributed by atoms with van der Waals surface area (Å²) in [6.07, 6.45) is 7.48. The standard InChI is InChI=1S/C12H19ClN2O2S/c1-3-10-6-4-5-7-11(10)15-8-12(14-9(15)2)18(13,16)17/h8,10-11H,3-7H2,1-2H3. The van der Waals surface area contributed by atoms with Gasteiger partial charge in [0, 0.05) is 22.9 Å². The molecule has 0 spiro atoms. The number of imidazole rings is 1. The molecule has 0 aromatic carbocycles. The van der Waals surface area contributed by atoms with Gasteiger partial charge in [0.15, 0.2) is 5.03 Å². The highest BCUT2D eigenvalue weighted by Crippen LogP contribution is 2.37. The Morgan fingerprint density at radius 1 is 1.44 bits per heavy atom. The van der Waals surface area contributed by atoms with Gasteiger partial charge in [-0.2, -0.15) is 0 Å². The summed E-state index contributed by atoms with van der Waals surface area (Å²) in [6, 6.07) is 0.364. The lowest BCUT2D eigenvalue weighted by Crippen LogP contribution is -2.23. The van der Waals surface area contributed by atoms with Crippen molar-refractivity contribution in [2.24, 2.45) is 5.92 Å². The monoisotopic (exact) mass is 290 g/mol. The zero-order chi connectivity index (χ0) is 13.3. The summed E-state index contributed by atoms with van der Waals surface area (Å²) in [5.74, 6) is 1.34. The first-order valence-corrected chi connectivity index (χ1v) is 8.74. The van der Waals surface area contributed by atoms with Crippen molar-refractivity contribution >= 4 is 19.7 Å². The molecular weight excluding hydrogens is 272 g/mol. The molecule has 0 amide bonds. The van der Waals surface area contributed by atoms with Gasteiger partial charge >= 0.3 is 0 Å². The van der Waals surface area contributed by atoms with E-state index in [9.17, 15) is 8.42 Å². The number of nitrogens with zero attached hydrogens (tertiary/aromatic N) is 2. The summed E-state index contributed by atoms with van der Waals surface area (Å²) in [7, 11) is 1.62. The van der Waals surface area contributed by atoms with Crippen LogP contribution in [0.4, 0.5) is 0 Å². The highest BCUT2D eigenvalue weighted by molar-refractivity contribution is 8.13. The Hall–Kier alpha value is -0.550. The molecule has 0 radical (unpaired) electrons. The Bertz CT molecular complexity index is 524. The Kier molecular flexibility index (Phi) is 4.02. The van der Waals surface area contributed by atoms with E-state index >= 15 is 0 Å². The van der Waals surface area contributed by atoms with Crippen LogP contribution in [0.25, 0.3) is 0 Å². The van der Waals surface area contributed by atoms with Gasteiger partial charge in [0.1, 0.15) is 5.82 Å². The summed E-state index contributed by atoms with van der Waals surface area (Å²) < 4.78 is 24.6. The molecule has 0 aliphatic heterocycles. The van der Waals surface area contributed by atoms with Crippen LogP contribution in [-0.2, 0) is 9.05 Å². The minimum atomic E-state index is -3.73. The molecule has 102 valence electrons. The number of hydrogen-bond acceptors (Lipinski definition) is 3. The quantitative estimate of drug-likeness (QED) is 0.803. The van der Waals surface area contributed by atoms with Gasteiger partial charge in [-0.3, -0.25) is 0 Å². The maximum absolute atomic E-state index is 11.3. The summed E-state index contributed by atoms with van der Waals surface area (Å²) in [4.78, 5) is 4.07. The van der Waals surface area contributed by atoms with Crippen molar-refractivity contribution in [3.8, 4) is 0 Å². The normalized spacial score (nSPS) is 25.3. The molecular formula is C12H19ClN2O2S. The van der Waals surface area contributed by atoms with Crippen molar-refractivity contribution in [2.45, 2.75) is 57.0 Å². The zero-order valence-electron chi connectivity index (χ0n) is 10.8. The predicted octanol–water partition coefficient (Wildman–Crippen LogP) is 3.26. The summed E-state index contributed by atoms with van der Waals surface area (Å²) in [5.41, 5.74) is 0. The topological polar surface area (TPSA) is 52.0 Å². The number of rotatable bonds is 3. The van der Waals surface area contributed by atoms with Gasteiger partial charge in [0.05, 0.1) is 0 Å². The molecule has 1 heterocycles. The third-order valence-corrected chi connectivity index (χ3v) is 5.07. The maximum Gasteiger partial charge on any atom is 0.280 e. The Morgan fingerprint density at radius 2 is 2.11 bits per heavy atom. The zero-order valence-corrected chi connectivity index (χ0v) is 12.3. The molecule has 1 aromatic heterocycles. The Labute approximate surface area is 113 Å². The first kappa shape index (κ1) is 13.9. The molecule has 2 rings (SSSR count). The largest absolute Gasteiger partial charge is 0.330 e. The van der Waals surface area contributed by atoms with Crippen LogP contribution in [0, 0.1) is 12.8 Å². The second-order valence-corrected chi connectivity index (χ2v) is 7.50. The van der Waals surface area contributed by atoms with E-state index in [-0.39, 0.29) is 5.03 Å². The van der Waals surface area contributed by atoms with E-state index in [1.807, 2.05) is 11.5 Å². The molecule has 1 fully saturated rings. The van der Waals surface area contributed by atoms with Crippen molar-refractivity contribution < 1.29 is 8.42 Å². The summed E-state index contributed by atoms with van der Waals surface area (Å²) in [5, 5.41) is -0.0258. The van der Waals surface area contributed by atoms with E-state index in [0.717, 1.165) is 18.7 Å². The third-order valence-electron chi connectivity index (χ3n) is 3.90. The molecule has 4 nitrogen and oxygen atoms in total. The van der Waals surface area contributed by atoms with Crippen molar-refractivity contribution in [1.82, 2.24) is 9.55 Å². The molecule has 2 unspecified atom stereocenters. The minimum Gasteiger partial charge on any atom is -0.330 e. The van der Waals surface area contributed by atoms with Crippen molar-refractivity contribution in [1.29, 1.82) is 0 Å². The molecule has 0 N–H and O–H groups in total. The van der Waals surface area contributed by atoms with E-state index in [4.69, 9.17) is 10.7 Å². The lowest BCUT2D eigenvalue weighted by Gasteiger charge is -2.32. The van der Waals surface area contributed by atoms with E-state index in [0.29, 0.717) is 12.0 Å². The maximum atomic E-state index is 11.3. The van der Waals surface area contributed by atoms with Gasteiger partial charge in [-0.05, 0) is 25.7 Å². The molecule has 2 atom stereocenters. The van der Waals surface area contributed by atoms with Crippen LogP contribution < -0.4 is 0 Å². The fraction of sp³-hybridized carbons (Fsp3) is 0.750.